The molecule has 0 aromatic heterocycles. The average Bonchev–Trinajstić information content (AvgIpc) is 3.78. The van der Waals surface area contributed by atoms with Gasteiger partial charge in [-0.05, 0) is 114 Å². The molecule has 40 heavy (non-hydrogen) atoms. The molecule has 0 N–H and O–H groups in total. The SMILES string of the molecule is O=C(CCCCC(=O)OC(C1CCC2OC2C1)C1CCC2OC2C1)OC(C1CCC2OC2C1)C1CCC2OC2C1. The molecule has 8 rings (SSSR count). The van der Waals surface area contributed by atoms with Gasteiger partial charge in [0.1, 0.15) is 12.2 Å². The predicted octanol–water partition coefficient (Wildman–Crippen LogP) is 4.64. The van der Waals surface area contributed by atoms with E-state index < -0.39 is 0 Å². The summed E-state index contributed by atoms with van der Waals surface area (Å²) in [5.41, 5.74) is 0. The van der Waals surface area contributed by atoms with E-state index in [0.717, 1.165) is 77.0 Å². The Hall–Kier alpha value is -1.22. The third-order valence-electron chi connectivity index (χ3n) is 11.6. The van der Waals surface area contributed by atoms with Crippen molar-refractivity contribution in [2.24, 2.45) is 23.7 Å². The van der Waals surface area contributed by atoms with Crippen LogP contribution in [0.5, 0.6) is 0 Å². The maximum absolute atomic E-state index is 13.0. The number of unbranched alkanes of at least 4 members (excludes halogenated alkanes) is 1. The Morgan fingerprint density at radius 1 is 0.475 bits per heavy atom. The van der Waals surface area contributed by atoms with Crippen molar-refractivity contribution >= 4 is 11.9 Å². The second-order valence-corrected chi connectivity index (χ2v) is 14.3. The van der Waals surface area contributed by atoms with E-state index >= 15 is 0 Å². The van der Waals surface area contributed by atoms with Crippen LogP contribution in [0.15, 0.2) is 0 Å². The van der Waals surface area contributed by atoms with Crippen molar-refractivity contribution < 1.29 is 38.0 Å². The molecule has 12 atom stereocenters. The van der Waals surface area contributed by atoms with Crippen LogP contribution in [0.1, 0.15) is 103 Å². The predicted molar refractivity (Wildman–Crippen MR) is 142 cm³/mol. The fourth-order valence-corrected chi connectivity index (χ4v) is 9.05. The standard InChI is InChI=1S/C32H46O8/c33-29(39-31(17-5-9-21-25(13-17)35-21)18-6-10-22-26(14-18)36-22)3-1-2-4-30(34)40-32(19-7-11-23-27(15-19)37-23)20-8-12-24-28(16-20)38-24/h17-28,31-32H,1-16H2. The summed E-state index contributed by atoms with van der Waals surface area (Å²) < 4.78 is 35.6. The van der Waals surface area contributed by atoms with E-state index in [0.29, 0.717) is 98.2 Å². The second kappa shape index (κ2) is 10.8. The number of epoxide rings is 4. The van der Waals surface area contributed by atoms with Gasteiger partial charge in [0.15, 0.2) is 0 Å². The summed E-state index contributed by atoms with van der Waals surface area (Å²) in [6.45, 7) is 0. The number of hydrogen-bond acceptors (Lipinski definition) is 8. The monoisotopic (exact) mass is 558 g/mol. The molecule has 0 radical (unpaired) electrons. The lowest BCUT2D eigenvalue weighted by Crippen LogP contribution is -2.39. The smallest absolute Gasteiger partial charge is 0.306 e. The lowest BCUT2D eigenvalue weighted by atomic mass is 9.75. The quantitative estimate of drug-likeness (QED) is 0.205. The molecule has 8 fully saturated rings. The van der Waals surface area contributed by atoms with Crippen LogP contribution in [0.25, 0.3) is 0 Å². The molecule has 8 aliphatic rings. The summed E-state index contributed by atoms with van der Waals surface area (Å²) in [6.07, 6.45) is 18.1. The topological polar surface area (TPSA) is 103 Å². The number of fused-ring (bicyclic) bond motifs is 4. The largest absolute Gasteiger partial charge is 0.462 e. The van der Waals surface area contributed by atoms with Crippen molar-refractivity contribution in [1.29, 1.82) is 0 Å². The Labute approximate surface area is 237 Å². The van der Waals surface area contributed by atoms with Gasteiger partial charge in [-0.1, -0.05) is 0 Å². The van der Waals surface area contributed by atoms with Gasteiger partial charge in [0, 0.05) is 12.8 Å². The van der Waals surface area contributed by atoms with Crippen molar-refractivity contribution in [1.82, 2.24) is 0 Å². The second-order valence-electron chi connectivity index (χ2n) is 14.3. The summed E-state index contributed by atoms with van der Waals surface area (Å²) >= 11 is 0. The molecule has 0 spiro atoms. The molecule has 8 heteroatoms. The number of hydrogen-bond donors (Lipinski definition) is 0. The molecule has 4 heterocycles. The van der Waals surface area contributed by atoms with E-state index in [1.54, 1.807) is 0 Å². The van der Waals surface area contributed by atoms with Crippen LogP contribution in [0.3, 0.4) is 0 Å². The summed E-state index contributed by atoms with van der Waals surface area (Å²) in [7, 11) is 0. The Bertz CT molecular complexity index is 839. The Morgan fingerprint density at radius 3 is 1.05 bits per heavy atom. The highest BCUT2D eigenvalue weighted by Gasteiger charge is 2.53. The molecule has 4 aliphatic carbocycles. The van der Waals surface area contributed by atoms with Crippen LogP contribution in [0.2, 0.25) is 0 Å². The molecular formula is C32H46O8. The van der Waals surface area contributed by atoms with Crippen LogP contribution in [0.4, 0.5) is 0 Å². The van der Waals surface area contributed by atoms with Gasteiger partial charge in [0.2, 0.25) is 0 Å². The summed E-state index contributed by atoms with van der Waals surface area (Å²) in [5, 5.41) is 0. The lowest BCUT2D eigenvalue weighted by Gasteiger charge is -2.35. The first-order chi connectivity index (χ1) is 19.6. The maximum Gasteiger partial charge on any atom is 0.306 e. The highest BCUT2D eigenvalue weighted by Crippen LogP contribution is 2.49. The fraction of sp³-hybridized carbons (Fsp3) is 0.938. The van der Waals surface area contributed by atoms with Crippen LogP contribution in [-0.2, 0) is 38.0 Å². The first kappa shape index (κ1) is 26.4. The van der Waals surface area contributed by atoms with Crippen molar-refractivity contribution in [3.05, 3.63) is 0 Å². The highest BCUT2D eigenvalue weighted by molar-refractivity contribution is 5.71. The van der Waals surface area contributed by atoms with Gasteiger partial charge in [-0.3, -0.25) is 9.59 Å². The van der Waals surface area contributed by atoms with E-state index in [2.05, 4.69) is 0 Å². The fourth-order valence-electron chi connectivity index (χ4n) is 9.05. The minimum absolute atomic E-state index is 0.0235. The van der Waals surface area contributed by atoms with E-state index in [1.165, 1.54) is 0 Å². The highest BCUT2D eigenvalue weighted by atomic mass is 16.6. The zero-order chi connectivity index (χ0) is 26.8. The van der Waals surface area contributed by atoms with E-state index in [4.69, 9.17) is 28.4 Å². The van der Waals surface area contributed by atoms with E-state index in [9.17, 15) is 9.59 Å². The Morgan fingerprint density at radius 2 is 0.775 bits per heavy atom. The van der Waals surface area contributed by atoms with Crippen LogP contribution >= 0.6 is 0 Å². The van der Waals surface area contributed by atoms with Crippen molar-refractivity contribution in [3.63, 3.8) is 0 Å². The van der Waals surface area contributed by atoms with Crippen LogP contribution < -0.4 is 0 Å². The minimum Gasteiger partial charge on any atom is -0.462 e. The molecular weight excluding hydrogens is 512 g/mol. The van der Waals surface area contributed by atoms with Crippen molar-refractivity contribution in [2.45, 2.75) is 164 Å². The minimum atomic E-state index is -0.115. The van der Waals surface area contributed by atoms with Gasteiger partial charge in [-0.2, -0.15) is 0 Å². The number of rotatable bonds is 11. The van der Waals surface area contributed by atoms with Gasteiger partial charge in [-0.25, -0.2) is 0 Å². The molecule has 0 bridgehead atoms. The first-order valence-electron chi connectivity index (χ1n) is 16.6. The number of ether oxygens (including phenoxy) is 6. The summed E-state index contributed by atoms with van der Waals surface area (Å²) in [4.78, 5) is 26.0. The summed E-state index contributed by atoms with van der Waals surface area (Å²) in [5.74, 6) is 1.35. The number of carbonyl (C=O) groups is 2. The van der Waals surface area contributed by atoms with Crippen LogP contribution in [0, 0.1) is 23.7 Å². The lowest BCUT2D eigenvalue weighted by molar-refractivity contribution is -0.159. The van der Waals surface area contributed by atoms with Crippen molar-refractivity contribution in [3.8, 4) is 0 Å². The Balaban J connectivity index is 0.808. The van der Waals surface area contributed by atoms with E-state index in [1.807, 2.05) is 0 Å². The third kappa shape index (κ3) is 5.84. The molecule has 8 nitrogen and oxygen atoms in total. The maximum atomic E-state index is 13.0. The third-order valence-corrected chi connectivity index (χ3v) is 11.6. The van der Waals surface area contributed by atoms with Gasteiger partial charge < -0.3 is 28.4 Å². The van der Waals surface area contributed by atoms with Crippen molar-refractivity contribution in [2.75, 3.05) is 0 Å². The number of carbonyl (C=O) groups excluding carboxylic acids is 2. The molecule has 0 amide bonds. The molecule has 0 aromatic rings. The van der Waals surface area contributed by atoms with Crippen LogP contribution in [-0.4, -0.2) is 73.0 Å². The molecule has 222 valence electrons. The first-order valence-corrected chi connectivity index (χ1v) is 16.6. The molecule has 0 aromatic carbocycles. The molecule has 4 saturated carbocycles. The summed E-state index contributed by atoms with van der Waals surface area (Å²) in [6, 6.07) is 0. The molecule has 12 unspecified atom stereocenters. The number of esters is 2. The van der Waals surface area contributed by atoms with Gasteiger partial charge in [-0.15, -0.1) is 0 Å². The van der Waals surface area contributed by atoms with Gasteiger partial charge in [0.05, 0.1) is 48.8 Å². The zero-order valence-electron chi connectivity index (χ0n) is 23.7. The molecule has 4 saturated heterocycles. The normalized spacial score (nSPS) is 47.3. The Kier molecular flexibility index (Phi) is 7.13. The average molecular weight is 559 g/mol. The van der Waals surface area contributed by atoms with Gasteiger partial charge >= 0.3 is 11.9 Å². The van der Waals surface area contributed by atoms with E-state index in [-0.39, 0.29) is 24.1 Å². The van der Waals surface area contributed by atoms with Gasteiger partial charge in [0.25, 0.3) is 0 Å². The zero-order valence-corrected chi connectivity index (χ0v) is 23.7. The molecule has 4 aliphatic heterocycles.